The molecule has 0 spiro atoms. The standard InChI is InChI=1S/C17H27N3O2/c1-14(2)11-17(13-21)7-4-10-20(17)16(22)19-9-6-15-5-3-8-18-12-15/h3,5,8,12,14,21H,4,6-7,9-11,13H2,1-2H3,(H,19,22)/t17-/m1/s1. The van der Waals surface area contributed by atoms with Crippen molar-refractivity contribution in [2.24, 2.45) is 5.92 Å². The second-order valence-corrected chi connectivity index (χ2v) is 6.58. The average molecular weight is 305 g/mol. The predicted molar refractivity (Wildman–Crippen MR) is 86.6 cm³/mol. The molecule has 1 saturated heterocycles. The summed E-state index contributed by atoms with van der Waals surface area (Å²) >= 11 is 0. The molecule has 22 heavy (non-hydrogen) atoms. The number of hydrogen-bond donors (Lipinski definition) is 2. The highest BCUT2D eigenvalue weighted by Gasteiger charge is 2.43. The van der Waals surface area contributed by atoms with E-state index in [1.807, 2.05) is 23.2 Å². The number of carbonyl (C=O) groups excluding carboxylic acids is 1. The van der Waals surface area contributed by atoms with Gasteiger partial charge in [0.2, 0.25) is 0 Å². The summed E-state index contributed by atoms with van der Waals surface area (Å²) in [7, 11) is 0. The normalized spacial score (nSPS) is 21.4. The first kappa shape index (κ1) is 16.7. The Morgan fingerprint density at radius 1 is 1.55 bits per heavy atom. The lowest BCUT2D eigenvalue weighted by molar-refractivity contribution is 0.0678. The molecule has 0 unspecified atom stereocenters. The van der Waals surface area contributed by atoms with Gasteiger partial charge in [0.05, 0.1) is 12.1 Å². The SMILES string of the molecule is CC(C)C[C@@]1(CO)CCCN1C(=O)NCCc1cccnc1. The number of amides is 2. The van der Waals surface area contributed by atoms with E-state index in [2.05, 4.69) is 24.1 Å². The molecular formula is C17H27N3O2. The summed E-state index contributed by atoms with van der Waals surface area (Å²) in [5, 5.41) is 12.8. The summed E-state index contributed by atoms with van der Waals surface area (Å²) in [6.45, 7) is 5.62. The Hall–Kier alpha value is -1.62. The van der Waals surface area contributed by atoms with Gasteiger partial charge >= 0.3 is 6.03 Å². The second-order valence-electron chi connectivity index (χ2n) is 6.58. The first-order valence-electron chi connectivity index (χ1n) is 8.12. The number of likely N-dealkylation sites (tertiary alicyclic amines) is 1. The Balaban J connectivity index is 1.90. The van der Waals surface area contributed by atoms with Crippen LogP contribution in [0.15, 0.2) is 24.5 Å². The van der Waals surface area contributed by atoms with Crippen LogP contribution in [0.4, 0.5) is 4.79 Å². The molecule has 1 aliphatic rings. The first-order valence-corrected chi connectivity index (χ1v) is 8.12. The van der Waals surface area contributed by atoms with Crippen molar-refractivity contribution in [3.05, 3.63) is 30.1 Å². The molecule has 0 radical (unpaired) electrons. The Morgan fingerprint density at radius 3 is 3.00 bits per heavy atom. The molecule has 1 aromatic heterocycles. The van der Waals surface area contributed by atoms with Crippen LogP contribution in [-0.2, 0) is 6.42 Å². The second kappa shape index (κ2) is 7.58. The number of rotatable bonds is 6. The summed E-state index contributed by atoms with van der Waals surface area (Å²) in [6, 6.07) is 3.85. The molecule has 1 aromatic rings. The molecule has 2 heterocycles. The minimum Gasteiger partial charge on any atom is -0.394 e. The van der Waals surface area contributed by atoms with E-state index >= 15 is 0 Å². The van der Waals surface area contributed by atoms with Crippen molar-refractivity contribution in [1.82, 2.24) is 15.2 Å². The molecule has 0 aliphatic carbocycles. The maximum absolute atomic E-state index is 12.5. The van der Waals surface area contributed by atoms with Crippen molar-refractivity contribution >= 4 is 6.03 Å². The number of nitrogens with zero attached hydrogens (tertiary/aromatic N) is 2. The zero-order valence-corrected chi connectivity index (χ0v) is 13.6. The lowest BCUT2D eigenvalue weighted by atomic mass is 9.87. The molecule has 1 aliphatic heterocycles. The van der Waals surface area contributed by atoms with Gasteiger partial charge in [-0.15, -0.1) is 0 Å². The number of aliphatic hydroxyl groups is 1. The molecule has 0 aromatic carbocycles. The number of aliphatic hydroxyl groups excluding tert-OH is 1. The summed E-state index contributed by atoms with van der Waals surface area (Å²) in [5.74, 6) is 0.455. The lowest BCUT2D eigenvalue weighted by Crippen LogP contribution is -2.54. The Bertz CT molecular complexity index is 478. The zero-order chi connectivity index (χ0) is 16.0. The molecule has 1 atom stereocenters. The summed E-state index contributed by atoms with van der Waals surface area (Å²) in [5.41, 5.74) is 0.729. The van der Waals surface area contributed by atoms with Crippen molar-refractivity contribution < 1.29 is 9.90 Å². The van der Waals surface area contributed by atoms with Crippen LogP contribution in [0, 0.1) is 5.92 Å². The van der Waals surface area contributed by atoms with E-state index in [1.54, 1.807) is 6.20 Å². The molecular weight excluding hydrogens is 278 g/mol. The molecule has 1 fully saturated rings. The number of aromatic nitrogens is 1. The Labute approximate surface area is 132 Å². The fourth-order valence-corrected chi connectivity index (χ4v) is 3.41. The number of urea groups is 1. The van der Waals surface area contributed by atoms with Gasteiger partial charge in [0, 0.05) is 25.5 Å². The number of nitrogens with one attached hydrogen (secondary N) is 1. The molecule has 0 bridgehead atoms. The fraction of sp³-hybridized carbons (Fsp3) is 0.647. The van der Waals surface area contributed by atoms with Crippen molar-refractivity contribution in [2.45, 2.75) is 45.1 Å². The van der Waals surface area contributed by atoms with Crippen LogP contribution in [0.25, 0.3) is 0 Å². The van der Waals surface area contributed by atoms with E-state index in [9.17, 15) is 9.90 Å². The third kappa shape index (κ3) is 3.97. The topological polar surface area (TPSA) is 65.5 Å². The van der Waals surface area contributed by atoms with Gasteiger partial charge in [0.15, 0.2) is 0 Å². The highest BCUT2D eigenvalue weighted by molar-refractivity contribution is 5.75. The molecule has 2 amide bonds. The van der Waals surface area contributed by atoms with Crippen molar-refractivity contribution in [1.29, 1.82) is 0 Å². The van der Waals surface area contributed by atoms with Gasteiger partial charge in [0.25, 0.3) is 0 Å². The van der Waals surface area contributed by atoms with Crippen LogP contribution in [0.2, 0.25) is 0 Å². The summed E-state index contributed by atoms with van der Waals surface area (Å²) < 4.78 is 0. The molecule has 2 rings (SSSR count). The van der Waals surface area contributed by atoms with E-state index in [4.69, 9.17) is 0 Å². The van der Waals surface area contributed by atoms with Crippen LogP contribution >= 0.6 is 0 Å². The van der Waals surface area contributed by atoms with Gasteiger partial charge in [0.1, 0.15) is 0 Å². The number of carbonyl (C=O) groups is 1. The van der Waals surface area contributed by atoms with E-state index in [-0.39, 0.29) is 18.2 Å². The molecule has 122 valence electrons. The number of pyridine rings is 1. The van der Waals surface area contributed by atoms with Crippen molar-refractivity contribution in [3.8, 4) is 0 Å². The molecule has 5 heteroatoms. The van der Waals surface area contributed by atoms with Gasteiger partial charge in [-0.2, -0.15) is 0 Å². The molecule has 0 saturated carbocycles. The van der Waals surface area contributed by atoms with Crippen molar-refractivity contribution in [2.75, 3.05) is 19.7 Å². The smallest absolute Gasteiger partial charge is 0.317 e. The van der Waals surface area contributed by atoms with Gasteiger partial charge in [-0.1, -0.05) is 19.9 Å². The van der Waals surface area contributed by atoms with Gasteiger partial charge < -0.3 is 15.3 Å². The third-order valence-corrected chi connectivity index (χ3v) is 4.34. The van der Waals surface area contributed by atoms with Gasteiger partial charge in [-0.05, 0) is 43.2 Å². The first-order chi connectivity index (χ1) is 10.6. The lowest BCUT2D eigenvalue weighted by Gasteiger charge is -2.38. The van der Waals surface area contributed by atoms with Crippen LogP contribution in [0.5, 0.6) is 0 Å². The van der Waals surface area contributed by atoms with Crippen LogP contribution in [-0.4, -0.2) is 46.3 Å². The van der Waals surface area contributed by atoms with Crippen LogP contribution < -0.4 is 5.32 Å². The van der Waals surface area contributed by atoms with E-state index in [0.29, 0.717) is 12.5 Å². The maximum atomic E-state index is 12.5. The maximum Gasteiger partial charge on any atom is 0.317 e. The predicted octanol–water partition coefficient (Wildman–Crippen LogP) is 2.21. The zero-order valence-electron chi connectivity index (χ0n) is 13.6. The monoisotopic (exact) mass is 305 g/mol. The Morgan fingerprint density at radius 2 is 2.36 bits per heavy atom. The highest BCUT2D eigenvalue weighted by atomic mass is 16.3. The van der Waals surface area contributed by atoms with E-state index in [0.717, 1.165) is 37.8 Å². The van der Waals surface area contributed by atoms with Gasteiger partial charge in [-0.25, -0.2) is 4.79 Å². The number of hydrogen-bond acceptors (Lipinski definition) is 3. The average Bonchev–Trinajstić information content (AvgIpc) is 2.91. The van der Waals surface area contributed by atoms with Crippen LogP contribution in [0.3, 0.4) is 0 Å². The third-order valence-electron chi connectivity index (χ3n) is 4.34. The van der Waals surface area contributed by atoms with E-state index in [1.165, 1.54) is 0 Å². The highest BCUT2D eigenvalue weighted by Crippen LogP contribution is 2.34. The van der Waals surface area contributed by atoms with Gasteiger partial charge in [-0.3, -0.25) is 4.98 Å². The van der Waals surface area contributed by atoms with Crippen LogP contribution in [0.1, 0.15) is 38.7 Å². The largest absolute Gasteiger partial charge is 0.394 e. The fourth-order valence-electron chi connectivity index (χ4n) is 3.41. The minimum absolute atomic E-state index is 0.0429. The minimum atomic E-state index is -0.382. The molecule has 5 nitrogen and oxygen atoms in total. The van der Waals surface area contributed by atoms with Crippen molar-refractivity contribution in [3.63, 3.8) is 0 Å². The van der Waals surface area contributed by atoms with E-state index < -0.39 is 0 Å². The summed E-state index contributed by atoms with van der Waals surface area (Å²) in [6.07, 6.45) is 7.02. The Kier molecular flexibility index (Phi) is 5.77. The quantitative estimate of drug-likeness (QED) is 0.847. The molecule has 2 N–H and O–H groups in total. The summed E-state index contributed by atoms with van der Waals surface area (Å²) in [4.78, 5) is 18.4.